The third-order valence-corrected chi connectivity index (χ3v) is 7.01. The minimum Gasteiger partial charge on any atom is -0.493 e. The Morgan fingerprint density at radius 1 is 1.03 bits per heavy atom. The number of hydrogen-bond donors (Lipinski definition) is 2. The zero-order valence-corrected chi connectivity index (χ0v) is 21.5. The quantitative estimate of drug-likeness (QED) is 0.281. The van der Waals surface area contributed by atoms with Crippen molar-refractivity contribution in [2.24, 2.45) is 0 Å². The molecule has 1 aliphatic heterocycles. The lowest BCUT2D eigenvalue weighted by atomic mass is 10.0. The molecule has 4 N–H and O–H groups in total. The number of benzene rings is 2. The Hall–Kier alpha value is -2.92. The number of methoxy groups -OCH3 is 1. The van der Waals surface area contributed by atoms with Crippen LogP contribution in [0.3, 0.4) is 0 Å². The van der Waals surface area contributed by atoms with E-state index in [1.165, 1.54) is 11.3 Å². The van der Waals surface area contributed by atoms with Crippen LogP contribution in [0.2, 0.25) is 0 Å². The number of rotatable bonds is 7. The molecule has 0 radical (unpaired) electrons. The number of nitrogen functional groups attached to an aromatic ring is 2. The summed E-state index contributed by atoms with van der Waals surface area (Å²) in [5.41, 5.74) is 15.9. The molecular weight excluding hydrogens is 486 g/mol. The van der Waals surface area contributed by atoms with E-state index >= 15 is 0 Å². The maximum atomic E-state index is 6.17. The van der Waals surface area contributed by atoms with Gasteiger partial charge in [0.2, 0.25) is 0 Å². The van der Waals surface area contributed by atoms with Crippen molar-refractivity contribution in [3.8, 4) is 22.8 Å². The van der Waals surface area contributed by atoms with Gasteiger partial charge in [0.05, 0.1) is 35.1 Å². The maximum absolute atomic E-state index is 6.17. The average molecular weight is 516 g/mol. The Morgan fingerprint density at radius 3 is 2.60 bits per heavy atom. The van der Waals surface area contributed by atoms with Crippen LogP contribution in [0.25, 0.3) is 32.4 Å². The summed E-state index contributed by atoms with van der Waals surface area (Å²) in [4.78, 5) is 18.4. The van der Waals surface area contributed by atoms with Gasteiger partial charge in [-0.05, 0) is 31.7 Å². The van der Waals surface area contributed by atoms with Gasteiger partial charge in [-0.2, -0.15) is 0 Å². The van der Waals surface area contributed by atoms with Crippen molar-refractivity contribution in [3.05, 3.63) is 30.6 Å². The van der Waals surface area contributed by atoms with Crippen LogP contribution >= 0.6 is 23.7 Å². The number of fused-ring (bicyclic) bond motifs is 2. The lowest BCUT2D eigenvalue weighted by Crippen LogP contribution is -2.44. The smallest absolute Gasteiger partial charge is 0.181 e. The van der Waals surface area contributed by atoms with Gasteiger partial charge in [0, 0.05) is 55.4 Å². The number of nitrogens with zero attached hydrogens (tertiary/aromatic N) is 5. The van der Waals surface area contributed by atoms with Gasteiger partial charge in [-0.25, -0.2) is 15.0 Å². The number of nitrogens with two attached hydrogens (primary N) is 2. The van der Waals surface area contributed by atoms with Gasteiger partial charge in [-0.15, -0.1) is 12.4 Å². The molecule has 0 unspecified atom stereocenters. The summed E-state index contributed by atoms with van der Waals surface area (Å²) in [7, 11) is 3.81. The van der Waals surface area contributed by atoms with Crippen LogP contribution in [0.15, 0.2) is 30.6 Å². The molecular formula is C24H30ClN7O2S. The van der Waals surface area contributed by atoms with Gasteiger partial charge >= 0.3 is 0 Å². The minimum atomic E-state index is 0. The summed E-state index contributed by atoms with van der Waals surface area (Å²) in [5, 5.41) is 1.33. The molecule has 1 fully saturated rings. The molecule has 11 heteroatoms. The zero-order chi connectivity index (χ0) is 23.7. The minimum absolute atomic E-state index is 0. The summed E-state index contributed by atoms with van der Waals surface area (Å²) >= 11 is 1.40. The second-order valence-electron chi connectivity index (χ2n) is 8.56. The fourth-order valence-corrected chi connectivity index (χ4v) is 5.15. The average Bonchev–Trinajstić information content (AvgIpc) is 3.21. The second-order valence-corrected chi connectivity index (χ2v) is 9.62. The molecule has 0 spiro atoms. The van der Waals surface area contributed by atoms with E-state index in [-0.39, 0.29) is 12.4 Å². The largest absolute Gasteiger partial charge is 0.493 e. The molecule has 0 amide bonds. The van der Waals surface area contributed by atoms with E-state index in [0.29, 0.717) is 28.9 Å². The molecule has 9 nitrogen and oxygen atoms in total. The summed E-state index contributed by atoms with van der Waals surface area (Å²) in [6.07, 6.45) is 2.50. The zero-order valence-electron chi connectivity index (χ0n) is 19.9. The molecule has 5 rings (SSSR count). The predicted molar refractivity (Wildman–Crippen MR) is 145 cm³/mol. The summed E-state index contributed by atoms with van der Waals surface area (Å²) in [5.74, 6) is 1.31. The predicted octanol–water partition coefficient (Wildman–Crippen LogP) is 3.52. The summed E-state index contributed by atoms with van der Waals surface area (Å²) in [6.45, 7) is 6.09. The first kappa shape index (κ1) is 25.2. The molecule has 1 saturated heterocycles. The first-order chi connectivity index (χ1) is 16.5. The van der Waals surface area contributed by atoms with Crippen LogP contribution in [-0.4, -0.2) is 78.2 Å². The lowest BCUT2D eigenvalue weighted by molar-refractivity contribution is 0.145. The molecule has 0 saturated carbocycles. The van der Waals surface area contributed by atoms with Crippen LogP contribution < -0.4 is 20.9 Å². The monoisotopic (exact) mass is 515 g/mol. The molecule has 3 heterocycles. The molecule has 0 atom stereocenters. The van der Waals surface area contributed by atoms with Gasteiger partial charge in [0.25, 0.3) is 0 Å². The topological polar surface area (TPSA) is 116 Å². The Bertz CT molecular complexity index is 1320. The van der Waals surface area contributed by atoms with E-state index in [0.717, 1.165) is 71.5 Å². The molecule has 0 bridgehead atoms. The number of likely N-dealkylation sites (N-methyl/N-ethyl adjacent to an activating group) is 1. The Labute approximate surface area is 214 Å². The van der Waals surface area contributed by atoms with Crippen LogP contribution in [0.5, 0.6) is 11.5 Å². The number of ether oxygens (including phenoxy) is 2. The van der Waals surface area contributed by atoms with Crippen molar-refractivity contribution < 1.29 is 9.47 Å². The number of thiazole rings is 1. The van der Waals surface area contributed by atoms with E-state index in [9.17, 15) is 0 Å². The van der Waals surface area contributed by atoms with Crippen LogP contribution in [0, 0.1) is 0 Å². The van der Waals surface area contributed by atoms with Crippen LogP contribution in [-0.2, 0) is 0 Å². The highest BCUT2D eigenvalue weighted by Crippen LogP contribution is 2.39. The molecule has 186 valence electrons. The van der Waals surface area contributed by atoms with Crippen molar-refractivity contribution in [2.45, 2.75) is 6.42 Å². The van der Waals surface area contributed by atoms with Gasteiger partial charge in [-0.3, -0.25) is 0 Å². The summed E-state index contributed by atoms with van der Waals surface area (Å²) in [6, 6.07) is 7.59. The third kappa shape index (κ3) is 5.35. The van der Waals surface area contributed by atoms with Gasteiger partial charge in [-0.1, -0.05) is 11.3 Å². The van der Waals surface area contributed by atoms with Gasteiger partial charge in [0.1, 0.15) is 6.33 Å². The van der Waals surface area contributed by atoms with E-state index in [4.69, 9.17) is 20.9 Å². The second kappa shape index (κ2) is 10.8. The number of hydrogen-bond acceptors (Lipinski definition) is 10. The Balaban J connectivity index is 0.00000289. The summed E-state index contributed by atoms with van der Waals surface area (Å²) < 4.78 is 12.7. The van der Waals surface area contributed by atoms with E-state index in [1.54, 1.807) is 13.4 Å². The fraction of sp³-hybridized carbons (Fsp3) is 0.375. The Morgan fingerprint density at radius 2 is 1.83 bits per heavy atom. The van der Waals surface area contributed by atoms with E-state index < -0.39 is 0 Å². The van der Waals surface area contributed by atoms with Gasteiger partial charge in [0.15, 0.2) is 16.6 Å². The highest BCUT2D eigenvalue weighted by molar-refractivity contribution is 7.22. The molecule has 2 aromatic heterocycles. The normalized spacial score (nSPS) is 14.8. The maximum Gasteiger partial charge on any atom is 0.181 e. The van der Waals surface area contributed by atoms with Crippen molar-refractivity contribution in [2.75, 3.05) is 65.0 Å². The first-order valence-electron chi connectivity index (χ1n) is 11.3. The van der Waals surface area contributed by atoms with Crippen molar-refractivity contribution in [3.63, 3.8) is 0 Å². The standard InChI is InChI=1S/C24H29N7O2S.ClH/c1-30-5-7-31(8-6-30)4-3-9-33-20-13-18-16(12-19(20)32-2)22(28-14-27-18)17-10-15(25)11-21-23(17)29-24(26)34-21;/h10-14H,3-9,25H2,1-2H3,(H2,26,29);1H. The first-order valence-corrected chi connectivity index (χ1v) is 12.2. The number of piperazine rings is 1. The lowest BCUT2D eigenvalue weighted by Gasteiger charge is -2.32. The van der Waals surface area contributed by atoms with Gasteiger partial charge < -0.3 is 30.7 Å². The van der Waals surface area contributed by atoms with Crippen molar-refractivity contribution in [1.29, 1.82) is 0 Å². The molecule has 1 aliphatic rings. The van der Waals surface area contributed by atoms with Crippen LogP contribution in [0.1, 0.15) is 6.42 Å². The highest BCUT2D eigenvalue weighted by Gasteiger charge is 2.18. The molecule has 35 heavy (non-hydrogen) atoms. The van der Waals surface area contributed by atoms with Crippen molar-refractivity contribution in [1.82, 2.24) is 24.8 Å². The molecule has 4 aromatic rings. The fourth-order valence-electron chi connectivity index (χ4n) is 4.34. The van der Waals surface area contributed by atoms with Crippen LogP contribution in [0.4, 0.5) is 10.8 Å². The van der Waals surface area contributed by atoms with Crippen molar-refractivity contribution >= 4 is 55.7 Å². The molecule has 2 aromatic carbocycles. The third-order valence-electron chi connectivity index (χ3n) is 6.18. The highest BCUT2D eigenvalue weighted by atomic mass is 35.5. The SMILES string of the molecule is COc1cc2c(-c3cc(N)cc4sc(N)nc34)ncnc2cc1OCCCN1CCN(C)CC1.Cl. The van der Waals surface area contributed by atoms with E-state index in [2.05, 4.69) is 31.8 Å². The number of aromatic nitrogens is 3. The van der Waals surface area contributed by atoms with E-state index in [1.807, 2.05) is 24.3 Å². The number of halogens is 1. The number of anilines is 2. The molecule has 0 aliphatic carbocycles. The Kier molecular flexibility index (Phi) is 7.75.